The summed E-state index contributed by atoms with van der Waals surface area (Å²) >= 11 is 0. The van der Waals surface area contributed by atoms with Gasteiger partial charge in [-0.25, -0.2) is 0 Å². The van der Waals surface area contributed by atoms with Crippen LogP contribution in [0.4, 0.5) is 0 Å². The second kappa shape index (κ2) is 8.71. The number of ether oxygens (including phenoxy) is 1. The average Bonchev–Trinajstić information content (AvgIpc) is 3.40. The Morgan fingerprint density at radius 3 is 2.67 bits per heavy atom. The minimum absolute atomic E-state index is 0.0595. The van der Waals surface area contributed by atoms with Gasteiger partial charge in [0.25, 0.3) is 0 Å². The van der Waals surface area contributed by atoms with Crippen LogP contribution >= 0.6 is 0 Å². The van der Waals surface area contributed by atoms with Crippen molar-refractivity contribution in [2.24, 2.45) is 17.8 Å². The number of hydroxylamine groups is 1. The molecule has 27 heavy (non-hydrogen) atoms. The normalized spacial score (nSPS) is 38.6. The molecule has 5 atom stereocenters. The van der Waals surface area contributed by atoms with Crippen LogP contribution in [0.15, 0.2) is 0 Å². The van der Waals surface area contributed by atoms with E-state index in [4.69, 9.17) is 9.57 Å². The first kappa shape index (κ1) is 19.5. The minimum atomic E-state index is 0.0595. The molecule has 0 aromatic rings. The Bertz CT molecular complexity index is 506. The molecule has 4 aliphatic heterocycles. The molecule has 4 saturated heterocycles. The van der Waals surface area contributed by atoms with Crippen LogP contribution in [0, 0.1) is 17.8 Å². The van der Waals surface area contributed by atoms with Gasteiger partial charge in [0, 0.05) is 37.5 Å². The standard InChI is InChI=1S/C19H35N5O3/c1-12(2)19(25)24-7-4-13(5-8-24)17-22-18(27-23-17)14-3-6-21-15(9-14)16-10-20-11-26-16/h12-18,20-23H,3-11H2,1-2H3. The largest absolute Gasteiger partial charge is 0.360 e. The monoisotopic (exact) mass is 381 g/mol. The van der Waals surface area contributed by atoms with Crippen molar-refractivity contribution in [3.63, 3.8) is 0 Å². The molecule has 4 fully saturated rings. The van der Waals surface area contributed by atoms with Crippen LogP contribution in [0.5, 0.6) is 0 Å². The maximum absolute atomic E-state index is 12.2. The number of carbonyl (C=O) groups is 1. The number of nitrogens with zero attached hydrogens (tertiary/aromatic N) is 1. The summed E-state index contributed by atoms with van der Waals surface area (Å²) in [5.41, 5.74) is 3.25. The van der Waals surface area contributed by atoms with Gasteiger partial charge in [-0.05, 0) is 38.1 Å². The highest BCUT2D eigenvalue weighted by Gasteiger charge is 2.40. The molecule has 154 valence electrons. The van der Waals surface area contributed by atoms with Gasteiger partial charge in [0.15, 0.2) is 0 Å². The van der Waals surface area contributed by atoms with Crippen LogP contribution in [0.1, 0.15) is 39.5 Å². The van der Waals surface area contributed by atoms with E-state index in [-0.39, 0.29) is 30.3 Å². The Labute approximate surface area is 162 Å². The van der Waals surface area contributed by atoms with Crippen LogP contribution in [0.3, 0.4) is 0 Å². The molecule has 0 spiro atoms. The third-order valence-electron chi connectivity index (χ3n) is 6.58. The molecular formula is C19H35N5O3. The Balaban J connectivity index is 1.25. The summed E-state index contributed by atoms with van der Waals surface area (Å²) in [5, 5.41) is 10.6. The van der Waals surface area contributed by atoms with E-state index in [1.165, 1.54) is 0 Å². The fourth-order valence-corrected chi connectivity index (χ4v) is 4.90. The van der Waals surface area contributed by atoms with Crippen LogP contribution in [-0.2, 0) is 14.4 Å². The van der Waals surface area contributed by atoms with E-state index in [1.807, 2.05) is 18.7 Å². The van der Waals surface area contributed by atoms with E-state index in [0.29, 0.717) is 24.6 Å². The SMILES string of the molecule is CC(C)C(=O)N1CCC(C2NOC(C3CCNC(C4CNCO4)C3)N2)CC1. The summed E-state index contributed by atoms with van der Waals surface area (Å²) in [5.74, 6) is 1.36. The van der Waals surface area contributed by atoms with Crippen molar-refractivity contribution in [1.29, 1.82) is 0 Å². The smallest absolute Gasteiger partial charge is 0.225 e. The van der Waals surface area contributed by atoms with E-state index in [1.54, 1.807) is 0 Å². The zero-order chi connectivity index (χ0) is 18.8. The summed E-state index contributed by atoms with van der Waals surface area (Å²) in [6.45, 7) is 8.27. The minimum Gasteiger partial charge on any atom is -0.360 e. The first-order valence-electron chi connectivity index (χ1n) is 10.6. The Morgan fingerprint density at radius 2 is 1.96 bits per heavy atom. The van der Waals surface area contributed by atoms with Crippen molar-refractivity contribution in [2.75, 3.05) is 32.9 Å². The van der Waals surface area contributed by atoms with E-state index in [2.05, 4.69) is 21.4 Å². The molecule has 0 aliphatic carbocycles. The fourth-order valence-electron chi connectivity index (χ4n) is 4.90. The molecular weight excluding hydrogens is 346 g/mol. The average molecular weight is 382 g/mol. The second-order valence-electron chi connectivity index (χ2n) is 8.77. The predicted molar refractivity (Wildman–Crippen MR) is 101 cm³/mol. The number of carbonyl (C=O) groups excluding carboxylic acids is 1. The fraction of sp³-hybridized carbons (Fsp3) is 0.947. The van der Waals surface area contributed by atoms with E-state index >= 15 is 0 Å². The van der Waals surface area contributed by atoms with Crippen molar-refractivity contribution in [1.82, 2.24) is 26.3 Å². The van der Waals surface area contributed by atoms with Crippen LogP contribution in [-0.4, -0.2) is 68.3 Å². The van der Waals surface area contributed by atoms with Gasteiger partial charge < -0.3 is 15.0 Å². The van der Waals surface area contributed by atoms with E-state index < -0.39 is 0 Å². The lowest BCUT2D eigenvalue weighted by molar-refractivity contribution is -0.136. The van der Waals surface area contributed by atoms with E-state index in [0.717, 1.165) is 51.9 Å². The topological polar surface area (TPSA) is 86.9 Å². The number of hydrogen-bond donors (Lipinski definition) is 4. The molecule has 4 aliphatic rings. The molecule has 0 aromatic heterocycles. The van der Waals surface area contributed by atoms with Gasteiger partial charge in [-0.3, -0.25) is 20.3 Å². The van der Waals surface area contributed by atoms with Crippen LogP contribution in [0.2, 0.25) is 0 Å². The Morgan fingerprint density at radius 1 is 1.15 bits per heavy atom. The predicted octanol–water partition coefficient (Wildman–Crippen LogP) is -0.0283. The summed E-state index contributed by atoms with van der Waals surface area (Å²) in [6.07, 6.45) is 4.74. The summed E-state index contributed by atoms with van der Waals surface area (Å²) < 4.78 is 5.78. The lowest BCUT2D eigenvalue weighted by atomic mass is 9.87. The van der Waals surface area contributed by atoms with Crippen molar-refractivity contribution >= 4 is 5.91 Å². The Hall–Kier alpha value is -0.770. The van der Waals surface area contributed by atoms with Crippen molar-refractivity contribution in [2.45, 2.75) is 64.1 Å². The number of nitrogens with one attached hydrogen (secondary N) is 4. The zero-order valence-electron chi connectivity index (χ0n) is 16.6. The highest BCUT2D eigenvalue weighted by molar-refractivity contribution is 5.78. The van der Waals surface area contributed by atoms with Gasteiger partial charge in [-0.1, -0.05) is 13.8 Å². The quantitative estimate of drug-likeness (QED) is 0.544. The number of rotatable bonds is 4. The van der Waals surface area contributed by atoms with Crippen molar-refractivity contribution in [3.05, 3.63) is 0 Å². The van der Waals surface area contributed by atoms with E-state index in [9.17, 15) is 4.79 Å². The molecule has 0 aromatic carbocycles. The van der Waals surface area contributed by atoms with Crippen LogP contribution in [0.25, 0.3) is 0 Å². The van der Waals surface area contributed by atoms with Gasteiger partial charge in [0.05, 0.1) is 19.0 Å². The second-order valence-corrected chi connectivity index (χ2v) is 8.77. The molecule has 8 nitrogen and oxygen atoms in total. The number of piperidine rings is 2. The van der Waals surface area contributed by atoms with Gasteiger partial charge in [0.1, 0.15) is 6.23 Å². The molecule has 1 amide bonds. The maximum Gasteiger partial charge on any atom is 0.225 e. The van der Waals surface area contributed by atoms with Crippen molar-refractivity contribution in [3.8, 4) is 0 Å². The zero-order valence-corrected chi connectivity index (χ0v) is 16.6. The lowest BCUT2D eigenvalue weighted by Gasteiger charge is -2.36. The molecule has 0 bridgehead atoms. The number of amides is 1. The molecule has 0 radical (unpaired) electrons. The van der Waals surface area contributed by atoms with Gasteiger partial charge >= 0.3 is 0 Å². The highest BCUT2D eigenvalue weighted by Crippen LogP contribution is 2.29. The third kappa shape index (κ3) is 4.46. The highest BCUT2D eigenvalue weighted by atomic mass is 16.7. The molecule has 5 unspecified atom stereocenters. The summed E-state index contributed by atoms with van der Waals surface area (Å²) in [7, 11) is 0. The number of likely N-dealkylation sites (tertiary alicyclic amines) is 1. The summed E-state index contributed by atoms with van der Waals surface area (Å²) in [4.78, 5) is 20.1. The number of hydrogen-bond acceptors (Lipinski definition) is 7. The Kier molecular flexibility index (Phi) is 6.31. The van der Waals surface area contributed by atoms with Crippen molar-refractivity contribution < 1.29 is 14.4 Å². The molecule has 4 N–H and O–H groups in total. The molecule has 4 heterocycles. The van der Waals surface area contributed by atoms with Gasteiger partial charge in [0.2, 0.25) is 5.91 Å². The molecule has 4 rings (SSSR count). The molecule has 8 heteroatoms. The third-order valence-corrected chi connectivity index (χ3v) is 6.58. The molecule has 0 saturated carbocycles. The lowest BCUT2D eigenvalue weighted by Crippen LogP contribution is -2.52. The first-order valence-corrected chi connectivity index (χ1v) is 10.6. The van der Waals surface area contributed by atoms with Gasteiger partial charge in [-0.15, -0.1) is 0 Å². The van der Waals surface area contributed by atoms with Gasteiger partial charge in [-0.2, -0.15) is 5.48 Å². The summed E-state index contributed by atoms with van der Waals surface area (Å²) in [6, 6.07) is 0.397. The maximum atomic E-state index is 12.2. The van der Waals surface area contributed by atoms with Crippen LogP contribution < -0.4 is 21.4 Å². The first-order chi connectivity index (χ1) is 13.1.